The molecule has 0 heterocycles. The number of rotatable bonds is 12. The second kappa shape index (κ2) is 9.80. The van der Waals surface area contributed by atoms with E-state index in [4.69, 9.17) is 14.0 Å². The molecule has 0 aliphatic heterocycles. The van der Waals surface area contributed by atoms with Gasteiger partial charge in [0, 0.05) is 5.54 Å². The van der Waals surface area contributed by atoms with Crippen molar-refractivity contribution in [1.29, 1.82) is 0 Å². The molecule has 0 rings (SSSR count). The van der Waals surface area contributed by atoms with Crippen LogP contribution >= 0.6 is 0 Å². The molecule has 0 aliphatic rings. The Kier molecular flexibility index (Phi) is 9.70. The second-order valence-corrected chi connectivity index (χ2v) is 10.6. The van der Waals surface area contributed by atoms with Gasteiger partial charge in [-0.05, 0) is 74.4 Å². The lowest BCUT2D eigenvalue weighted by molar-refractivity contribution is -0.181. The Balaban J connectivity index is 4.43. The number of hydrogen-bond donors (Lipinski definition) is 2. The third-order valence-electron chi connectivity index (χ3n) is 4.69. The summed E-state index contributed by atoms with van der Waals surface area (Å²) in [6.45, 7) is 17.8. The molecule has 0 amide bonds. The molecule has 0 aromatic heterocycles. The van der Waals surface area contributed by atoms with Gasteiger partial charge in [-0.15, -0.1) is 0 Å². The number of hydrogen-bond acceptors (Lipinski definition) is 6. The number of ether oxygens (including phenoxy) is 2. The summed E-state index contributed by atoms with van der Waals surface area (Å²) in [7, 11) is -1.93. The molecule has 0 spiro atoms. The normalized spacial score (nSPS) is 15.5. The third-order valence-corrected chi connectivity index (χ3v) is 5.49. The van der Waals surface area contributed by atoms with Gasteiger partial charge in [0.15, 0.2) is 0 Å². The van der Waals surface area contributed by atoms with E-state index in [0.29, 0.717) is 26.3 Å². The molecule has 0 saturated heterocycles. The first-order valence-corrected chi connectivity index (χ1v) is 10.8. The Bertz CT molecular complexity index is 512. The van der Waals surface area contributed by atoms with Crippen LogP contribution in [0.25, 0.3) is 0 Å². The summed E-state index contributed by atoms with van der Waals surface area (Å²) in [5.41, 5.74) is -0.901. The topological polar surface area (TPSA) is 88.1 Å². The highest BCUT2D eigenvalue weighted by Gasteiger charge is 2.30. The molecule has 0 aliphatic carbocycles. The highest BCUT2D eigenvalue weighted by atomic mass is 32.2. The summed E-state index contributed by atoms with van der Waals surface area (Å²) >= 11 is 0. The van der Waals surface area contributed by atoms with Crippen LogP contribution in [0.1, 0.15) is 61.8 Å². The third kappa shape index (κ3) is 11.5. The van der Waals surface area contributed by atoms with Gasteiger partial charge in [0.05, 0.1) is 18.0 Å². The molecule has 0 saturated carbocycles. The molecule has 0 bridgehead atoms. The Hall–Kier alpha value is -0.250. The molecule has 0 aromatic rings. The fraction of sp³-hybridized carbons (Fsp3) is 1.00. The Morgan fingerprint density at radius 1 is 1.08 bits per heavy atom. The van der Waals surface area contributed by atoms with E-state index in [1.54, 1.807) is 0 Å². The molecule has 7 nitrogen and oxygen atoms in total. The van der Waals surface area contributed by atoms with Crippen molar-refractivity contribution >= 4 is 10.1 Å². The molecule has 0 fully saturated rings. The van der Waals surface area contributed by atoms with Gasteiger partial charge in [0.2, 0.25) is 0 Å². The SMILES string of the molecule is CC(COC(C)(C)N(C)COC(C)(C)C)C(C)(C)NCCCS(=O)(=O)O. The predicted octanol–water partition coefficient (Wildman–Crippen LogP) is 2.73. The summed E-state index contributed by atoms with van der Waals surface area (Å²) in [5, 5.41) is 3.35. The van der Waals surface area contributed by atoms with Crippen molar-refractivity contribution in [1.82, 2.24) is 10.2 Å². The Labute approximate surface area is 160 Å². The molecule has 8 heteroatoms. The zero-order chi connectivity index (χ0) is 20.8. The Morgan fingerprint density at radius 2 is 1.62 bits per heavy atom. The highest BCUT2D eigenvalue weighted by molar-refractivity contribution is 7.85. The van der Waals surface area contributed by atoms with Gasteiger partial charge in [-0.1, -0.05) is 6.92 Å². The molecule has 158 valence electrons. The van der Waals surface area contributed by atoms with E-state index in [9.17, 15) is 8.42 Å². The van der Waals surface area contributed by atoms with Gasteiger partial charge in [0.1, 0.15) is 12.5 Å². The van der Waals surface area contributed by atoms with Crippen LogP contribution in [0.4, 0.5) is 0 Å². The summed E-state index contributed by atoms with van der Waals surface area (Å²) < 4.78 is 42.3. The first-order valence-electron chi connectivity index (χ1n) is 9.16. The lowest BCUT2D eigenvalue weighted by Crippen LogP contribution is -2.51. The smallest absolute Gasteiger partial charge is 0.264 e. The maximum atomic E-state index is 10.8. The van der Waals surface area contributed by atoms with Crippen molar-refractivity contribution in [3.05, 3.63) is 0 Å². The van der Waals surface area contributed by atoms with E-state index in [-0.39, 0.29) is 22.8 Å². The molecule has 1 unspecified atom stereocenters. The van der Waals surface area contributed by atoms with E-state index < -0.39 is 15.8 Å². The zero-order valence-electron chi connectivity index (χ0n) is 18.0. The lowest BCUT2D eigenvalue weighted by atomic mass is 9.89. The van der Waals surface area contributed by atoms with Crippen LogP contribution in [0.15, 0.2) is 0 Å². The lowest BCUT2D eigenvalue weighted by Gasteiger charge is -2.40. The van der Waals surface area contributed by atoms with Crippen molar-refractivity contribution in [3.63, 3.8) is 0 Å². The van der Waals surface area contributed by atoms with Gasteiger partial charge >= 0.3 is 0 Å². The van der Waals surface area contributed by atoms with E-state index in [1.165, 1.54) is 0 Å². The second-order valence-electron chi connectivity index (χ2n) is 9.03. The first-order chi connectivity index (χ1) is 11.5. The van der Waals surface area contributed by atoms with Crippen LogP contribution in [-0.4, -0.2) is 67.4 Å². The van der Waals surface area contributed by atoms with Crippen LogP contribution in [0.5, 0.6) is 0 Å². The van der Waals surface area contributed by atoms with Gasteiger partial charge in [0.25, 0.3) is 10.1 Å². The summed E-state index contributed by atoms with van der Waals surface area (Å²) in [6, 6.07) is 0. The van der Waals surface area contributed by atoms with Gasteiger partial charge in [-0.25, -0.2) is 0 Å². The van der Waals surface area contributed by atoms with Crippen LogP contribution < -0.4 is 5.32 Å². The molecule has 0 radical (unpaired) electrons. The van der Waals surface area contributed by atoms with Gasteiger partial charge in [-0.2, -0.15) is 8.42 Å². The minimum Gasteiger partial charge on any atom is -0.361 e. The van der Waals surface area contributed by atoms with Crippen molar-refractivity contribution in [2.24, 2.45) is 5.92 Å². The zero-order valence-corrected chi connectivity index (χ0v) is 18.9. The average Bonchev–Trinajstić information content (AvgIpc) is 2.45. The maximum absolute atomic E-state index is 10.8. The van der Waals surface area contributed by atoms with Crippen LogP contribution in [-0.2, 0) is 19.6 Å². The highest BCUT2D eigenvalue weighted by Crippen LogP contribution is 2.22. The minimum atomic E-state index is -3.90. The molecule has 1 atom stereocenters. The Morgan fingerprint density at radius 3 is 2.08 bits per heavy atom. The number of nitrogens with zero attached hydrogens (tertiary/aromatic N) is 1. The molecular weight excluding hydrogens is 356 g/mol. The molecule has 0 aromatic carbocycles. The fourth-order valence-electron chi connectivity index (χ4n) is 1.93. The summed E-state index contributed by atoms with van der Waals surface area (Å²) in [4.78, 5) is 2.03. The largest absolute Gasteiger partial charge is 0.361 e. The summed E-state index contributed by atoms with van der Waals surface area (Å²) in [6.07, 6.45) is 0.369. The van der Waals surface area contributed by atoms with Crippen LogP contribution in [0.3, 0.4) is 0 Å². The van der Waals surface area contributed by atoms with Crippen molar-refractivity contribution < 1.29 is 22.4 Å². The number of nitrogens with one attached hydrogen (secondary N) is 1. The van der Waals surface area contributed by atoms with E-state index in [0.717, 1.165) is 0 Å². The first kappa shape index (κ1) is 25.8. The minimum absolute atomic E-state index is 0.199. The fourth-order valence-corrected chi connectivity index (χ4v) is 2.44. The standard InChI is InChI=1S/C18H40N2O5S/c1-15(17(5,6)19-11-10-12-26(21,22)23)13-24-18(7,8)20(9)14-25-16(2,3)4/h15,19H,10-14H2,1-9H3,(H,21,22,23). The van der Waals surface area contributed by atoms with E-state index >= 15 is 0 Å². The quantitative estimate of drug-likeness (QED) is 0.298. The van der Waals surface area contributed by atoms with Crippen LogP contribution in [0.2, 0.25) is 0 Å². The van der Waals surface area contributed by atoms with Gasteiger partial charge in [-0.3, -0.25) is 9.45 Å². The van der Waals surface area contributed by atoms with Crippen LogP contribution in [0, 0.1) is 5.92 Å². The van der Waals surface area contributed by atoms with E-state index in [2.05, 4.69) is 26.1 Å². The monoisotopic (exact) mass is 396 g/mol. The molecule has 26 heavy (non-hydrogen) atoms. The summed E-state index contributed by atoms with van der Waals surface area (Å²) in [5.74, 6) is -0.0310. The van der Waals surface area contributed by atoms with Crippen molar-refractivity contribution in [3.8, 4) is 0 Å². The van der Waals surface area contributed by atoms with E-state index in [1.807, 2.05) is 46.6 Å². The van der Waals surface area contributed by atoms with Gasteiger partial charge < -0.3 is 14.8 Å². The maximum Gasteiger partial charge on any atom is 0.264 e. The van der Waals surface area contributed by atoms with Crippen molar-refractivity contribution in [2.75, 3.05) is 32.7 Å². The molecule has 2 N–H and O–H groups in total. The molecular formula is C18H40N2O5S. The average molecular weight is 397 g/mol. The van der Waals surface area contributed by atoms with Crippen molar-refractivity contribution in [2.45, 2.75) is 78.7 Å². The predicted molar refractivity (Wildman–Crippen MR) is 106 cm³/mol.